The standard InChI is InChI=1S/C12H13N5O4/c1-8-11(12(18)15(2)21-3)13-14-16(8)9-5-4-6-10(7-9)17(19)20/h4-7H,1-3H3. The minimum atomic E-state index is -0.499. The summed E-state index contributed by atoms with van der Waals surface area (Å²) in [5, 5.41) is 19.5. The van der Waals surface area contributed by atoms with E-state index in [0.717, 1.165) is 5.06 Å². The van der Waals surface area contributed by atoms with Gasteiger partial charge in [0.05, 0.1) is 23.4 Å². The largest absolute Gasteiger partial charge is 0.299 e. The molecule has 1 aromatic heterocycles. The maximum Gasteiger partial charge on any atom is 0.299 e. The van der Waals surface area contributed by atoms with Crippen LogP contribution >= 0.6 is 0 Å². The van der Waals surface area contributed by atoms with Crippen LogP contribution in [0.3, 0.4) is 0 Å². The SMILES string of the molecule is CON(C)C(=O)c1nnn(-c2cccc([N+](=O)[O-])c2)c1C. The van der Waals surface area contributed by atoms with Gasteiger partial charge in [-0.15, -0.1) is 5.10 Å². The molecule has 110 valence electrons. The Morgan fingerprint density at radius 3 is 2.81 bits per heavy atom. The third-order valence-electron chi connectivity index (χ3n) is 2.94. The first-order valence-corrected chi connectivity index (χ1v) is 5.95. The van der Waals surface area contributed by atoms with E-state index in [2.05, 4.69) is 10.3 Å². The highest BCUT2D eigenvalue weighted by molar-refractivity contribution is 5.92. The summed E-state index contributed by atoms with van der Waals surface area (Å²) < 4.78 is 1.36. The molecule has 0 aliphatic rings. The summed E-state index contributed by atoms with van der Waals surface area (Å²) in [4.78, 5) is 27.1. The molecule has 0 unspecified atom stereocenters. The maximum atomic E-state index is 12.0. The van der Waals surface area contributed by atoms with Gasteiger partial charge in [0.2, 0.25) is 0 Å². The van der Waals surface area contributed by atoms with E-state index in [4.69, 9.17) is 4.84 Å². The first-order chi connectivity index (χ1) is 9.95. The maximum absolute atomic E-state index is 12.0. The normalized spacial score (nSPS) is 10.4. The highest BCUT2D eigenvalue weighted by atomic mass is 16.7. The average molecular weight is 291 g/mol. The zero-order valence-electron chi connectivity index (χ0n) is 11.7. The lowest BCUT2D eigenvalue weighted by Gasteiger charge is -2.11. The van der Waals surface area contributed by atoms with Gasteiger partial charge >= 0.3 is 0 Å². The summed E-state index contributed by atoms with van der Waals surface area (Å²) in [7, 11) is 2.81. The van der Waals surface area contributed by atoms with E-state index in [1.807, 2.05) is 0 Å². The van der Waals surface area contributed by atoms with Crippen LogP contribution in [0.4, 0.5) is 5.69 Å². The quantitative estimate of drug-likeness (QED) is 0.617. The number of non-ortho nitro benzene ring substituents is 1. The molecule has 0 aliphatic carbocycles. The number of nitrogens with zero attached hydrogens (tertiary/aromatic N) is 5. The third-order valence-corrected chi connectivity index (χ3v) is 2.94. The van der Waals surface area contributed by atoms with E-state index in [0.29, 0.717) is 11.4 Å². The summed E-state index contributed by atoms with van der Waals surface area (Å²) in [6.45, 7) is 1.65. The van der Waals surface area contributed by atoms with Crippen LogP contribution in [0.1, 0.15) is 16.2 Å². The summed E-state index contributed by atoms with van der Waals surface area (Å²) in [5.74, 6) is -0.452. The highest BCUT2D eigenvalue weighted by Gasteiger charge is 2.21. The zero-order valence-corrected chi connectivity index (χ0v) is 11.7. The lowest BCUT2D eigenvalue weighted by molar-refractivity contribution is -0.384. The lowest BCUT2D eigenvalue weighted by Crippen LogP contribution is -2.26. The van der Waals surface area contributed by atoms with Crippen LogP contribution in [0.25, 0.3) is 5.69 Å². The number of carbonyl (C=O) groups is 1. The minimum absolute atomic E-state index is 0.0655. The van der Waals surface area contributed by atoms with Crippen molar-refractivity contribution in [3.8, 4) is 5.69 Å². The van der Waals surface area contributed by atoms with Crippen molar-refractivity contribution < 1.29 is 14.6 Å². The van der Waals surface area contributed by atoms with Gasteiger partial charge in [-0.1, -0.05) is 11.3 Å². The number of nitro benzene ring substituents is 1. The topological polar surface area (TPSA) is 103 Å². The second-order valence-electron chi connectivity index (χ2n) is 4.20. The molecule has 2 rings (SSSR count). The fourth-order valence-electron chi connectivity index (χ4n) is 1.74. The van der Waals surface area contributed by atoms with Crippen molar-refractivity contribution in [2.45, 2.75) is 6.92 Å². The molecule has 9 heteroatoms. The van der Waals surface area contributed by atoms with Gasteiger partial charge in [-0.2, -0.15) is 0 Å². The third kappa shape index (κ3) is 2.72. The zero-order chi connectivity index (χ0) is 15.6. The van der Waals surface area contributed by atoms with Crippen LogP contribution in [-0.2, 0) is 4.84 Å². The second-order valence-corrected chi connectivity index (χ2v) is 4.20. The number of benzene rings is 1. The van der Waals surface area contributed by atoms with Crippen LogP contribution in [0.5, 0.6) is 0 Å². The van der Waals surface area contributed by atoms with E-state index in [-0.39, 0.29) is 11.4 Å². The van der Waals surface area contributed by atoms with Gasteiger partial charge in [-0.3, -0.25) is 19.7 Å². The number of amides is 1. The Balaban J connectivity index is 2.43. The Bertz CT molecular complexity index is 697. The molecular formula is C12H13N5O4. The number of rotatable bonds is 4. The number of carbonyl (C=O) groups excluding carboxylic acids is 1. The van der Waals surface area contributed by atoms with Gasteiger partial charge < -0.3 is 0 Å². The molecule has 1 aromatic carbocycles. The Morgan fingerprint density at radius 2 is 2.19 bits per heavy atom. The van der Waals surface area contributed by atoms with Gasteiger partial charge in [0, 0.05) is 19.2 Å². The van der Waals surface area contributed by atoms with Gasteiger partial charge in [-0.05, 0) is 13.0 Å². The van der Waals surface area contributed by atoms with Crippen LogP contribution in [0.2, 0.25) is 0 Å². The Labute approximate surface area is 119 Å². The van der Waals surface area contributed by atoms with E-state index in [1.54, 1.807) is 13.0 Å². The predicted molar refractivity (Wildman–Crippen MR) is 71.9 cm³/mol. The van der Waals surface area contributed by atoms with Gasteiger partial charge in [0.25, 0.3) is 11.6 Å². The van der Waals surface area contributed by atoms with Gasteiger partial charge in [0.15, 0.2) is 5.69 Å². The summed E-state index contributed by atoms with van der Waals surface area (Å²) in [6, 6.07) is 5.91. The summed E-state index contributed by atoms with van der Waals surface area (Å²) >= 11 is 0. The highest BCUT2D eigenvalue weighted by Crippen LogP contribution is 2.18. The number of nitro groups is 1. The molecule has 0 N–H and O–H groups in total. The summed E-state index contributed by atoms with van der Waals surface area (Å²) in [5.41, 5.74) is 0.966. The van der Waals surface area contributed by atoms with E-state index < -0.39 is 10.8 Å². The molecule has 1 heterocycles. The first-order valence-electron chi connectivity index (χ1n) is 5.95. The Hall–Kier alpha value is -2.81. The Kier molecular flexibility index (Phi) is 3.94. The van der Waals surface area contributed by atoms with Crippen molar-refractivity contribution in [3.05, 3.63) is 45.8 Å². The number of hydrogen-bond donors (Lipinski definition) is 0. The molecule has 0 atom stereocenters. The predicted octanol–water partition coefficient (Wildman–Crippen LogP) is 1.12. The van der Waals surface area contributed by atoms with Crippen molar-refractivity contribution in [3.63, 3.8) is 0 Å². The fraction of sp³-hybridized carbons (Fsp3) is 0.250. The minimum Gasteiger partial charge on any atom is -0.274 e. The Morgan fingerprint density at radius 1 is 1.48 bits per heavy atom. The van der Waals surface area contributed by atoms with Gasteiger partial charge in [-0.25, -0.2) is 9.75 Å². The van der Waals surface area contributed by atoms with Crippen molar-refractivity contribution in [2.75, 3.05) is 14.2 Å². The van der Waals surface area contributed by atoms with Crippen molar-refractivity contribution in [2.24, 2.45) is 0 Å². The van der Waals surface area contributed by atoms with Crippen LogP contribution in [0, 0.1) is 17.0 Å². The van der Waals surface area contributed by atoms with Crippen molar-refractivity contribution >= 4 is 11.6 Å². The smallest absolute Gasteiger partial charge is 0.274 e. The molecule has 0 bridgehead atoms. The van der Waals surface area contributed by atoms with E-state index in [1.165, 1.54) is 37.0 Å². The molecule has 0 saturated heterocycles. The van der Waals surface area contributed by atoms with Crippen molar-refractivity contribution in [1.29, 1.82) is 0 Å². The van der Waals surface area contributed by atoms with Crippen molar-refractivity contribution in [1.82, 2.24) is 20.1 Å². The van der Waals surface area contributed by atoms with Crippen LogP contribution < -0.4 is 0 Å². The second kappa shape index (κ2) is 5.67. The van der Waals surface area contributed by atoms with E-state index >= 15 is 0 Å². The molecule has 21 heavy (non-hydrogen) atoms. The molecule has 0 saturated carbocycles. The number of hydroxylamine groups is 2. The molecular weight excluding hydrogens is 278 g/mol. The molecule has 1 amide bonds. The molecule has 0 aliphatic heterocycles. The lowest BCUT2D eigenvalue weighted by atomic mass is 10.2. The monoisotopic (exact) mass is 291 g/mol. The number of aromatic nitrogens is 3. The average Bonchev–Trinajstić information content (AvgIpc) is 2.87. The number of hydrogen-bond acceptors (Lipinski definition) is 6. The molecule has 2 aromatic rings. The van der Waals surface area contributed by atoms with E-state index in [9.17, 15) is 14.9 Å². The molecule has 0 radical (unpaired) electrons. The molecule has 0 fully saturated rings. The van der Waals surface area contributed by atoms with Gasteiger partial charge in [0.1, 0.15) is 0 Å². The van der Waals surface area contributed by atoms with Crippen LogP contribution in [-0.4, -0.2) is 45.0 Å². The fourth-order valence-corrected chi connectivity index (χ4v) is 1.74. The summed E-state index contributed by atoms with van der Waals surface area (Å²) in [6.07, 6.45) is 0. The molecule has 0 spiro atoms. The van der Waals surface area contributed by atoms with Crippen LogP contribution in [0.15, 0.2) is 24.3 Å². The first kappa shape index (κ1) is 14.6. The molecule has 9 nitrogen and oxygen atoms in total.